The molecule has 2 aliphatic rings. The lowest BCUT2D eigenvalue weighted by Gasteiger charge is -2.30. The molecule has 2 aliphatic heterocycles. The zero-order valence-electron chi connectivity index (χ0n) is 13.1. The second-order valence-electron chi connectivity index (χ2n) is 6.44. The van der Waals surface area contributed by atoms with Crippen LogP contribution in [0.4, 0.5) is 0 Å². The number of carbonyl (C=O) groups is 2. The van der Waals surface area contributed by atoms with Crippen LogP contribution >= 0.6 is 0 Å². The molecule has 1 aromatic heterocycles. The summed E-state index contributed by atoms with van der Waals surface area (Å²) in [7, 11) is 0. The number of rotatable bonds is 2. The van der Waals surface area contributed by atoms with Gasteiger partial charge in [-0.2, -0.15) is 0 Å². The summed E-state index contributed by atoms with van der Waals surface area (Å²) in [5, 5.41) is 0. The molecule has 0 unspecified atom stereocenters. The van der Waals surface area contributed by atoms with E-state index in [0.717, 1.165) is 51.9 Å². The predicted molar refractivity (Wildman–Crippen MR) is 83.7 cm³/mol. The van der Waals surface area contributed by atoms with E-state index in [-0.39, 0.29) is 11.8 Å². The Hall–Kier alpha value is -1.91. The van der Waals surface area contributed by atoms with Gasteiger partial charge in [0.25, 0.3) is 11.8 Å². The highest BCUT2D eigenvalue weighted by atomic mass is 16.2. The molecule has 0 N–H and O–H groups in total. The average Bonchev–Trinajstić information content (AvgIpc) is 3.09. The maximum atomic E-state index is 12.6. The Morgan fingerprint density at radius 1 is 0.955 bits per heavy atom. The van der Waals surface area contributed by atoms with E-state index in [4.69, 9.17) is 0 Å². The van der Waals surface area contributed by atoms with E-state index < -0.39 is 0 Å². The lowest BCUT2D eigenvalue weighted by atomic mass is 9.98. The van der Waals surface area contributed by atoms with Gasteiger partial charge in [0.15, 0.2) is 0 Å². The first kappa shape index (κ1) is 15.0. The smallest absolute Gasteiger partial charge is 0.255 e. The van der Waals surface area contributed by atoms with Crippen LogP contribution < -0.4 is 0 Å². The van der Waals surface area contributed by atoms with Crippen LogP contribution in [0.2, 0.25) is 0 Å². The summed E-state index contributed by atoms with van der Waals surface area (Å²) < 4.78 is 0. The van der Waals surface area contributed by atoms with E-state index >= 15 is 0 Å². The normalized spacial score (nSPS) is 19.5. The molecular weight excluding hydrogens is 278 g/mol. The molecule has 2 fully saturated rings. The molecule has 0 atom stereocenters. The van der Waals surface area contributed by atoms with Gasteiger partial charge in [0, 0.05) is 38.6 Å². The predicted octanol–water partition coefficient (Wildman–Crippen LogP) is 2.19. The maximum absolute atomic E-state index is 12.6. The van der Waals surface area contributed by atoms with E-state index in [0.29, 0.717) is 17.0 Å². The molecule has 1 aromatic rings. The van der Waals surface area contributed by atoms with E-state index in [1.807, 2.05) is 9.80 Å². The van der Waals surface area contributed by atoms with Crippen LogP contribution in [0.5, 0.6) is 0 Å². The van der Waals surface area contributed by atoms with Crippen molar-refractivity contribution >= 4 is 11.8 Å². The number of pyridine rings is 1. The number of piperidine rings is 1. The SMILES string of the molecule is CC1CCN(C(=O)c2cncc(C(=O)N3CCCC3)c2)CC1. The zero-order valence-corrected chi connectivity index (χ0v) is 13.1. The van der Waals surface area contributed by atoms with Gasteiger partial charge in [0.2, 0.25) is 0 Å². The van der Waals surface area contributed by atoms with E-state index in [9.17, 15) is 9.59 Å². The van der Waals surface area contributed by atoms with Gasteiger partial charge in [0.05, 0.1) is 11.1 Å². The molecule has 22 heavy (non-hydrogen) atoms. The van der Waals surface area contributed by atoms with Crippen molar-refractivity contribution in [2.24, 2.45) is 5.92 Å². The number of hydrogen-bond donors (Lipinski definition) is 0. The third-order valence-electron chi connectivity index (χ3n) is 4.70. The summed E-state index contributed by atoms with van der Waals surface area (Å²) in [6.45, 7) is 5.43. The van der Waals surface area contributed by atoms with E-state index in [1.54, 1.807) is 18.5 Å². The van der Waals surface area contributed by atoms with Crippen molar-refractivity contribution in [1.82, 2.24) is 14.8 Å². The van der Waals surface area contributed by atoms with Crippen molar-refractivity contribution in [3.05, 3.63) is 29.6 Å². The van der Waals surface area contributed by atoms with Crippen LogP contribution in [0.15, 0.2) is 18.5 Å². The summed E-state index contributed by atoms with van der Waals surface area (Å²) in [6, 6.07) is 1.70. The number of carbonyl (C=O) groups excluding carboxylic acids is 2. The zero-order chi connectivity index (χ0) is 15.5. The van der Waals surface area contributed by atoms with Gasteiger partial charge in [-0.3, -0.25) is 14.6 Å². The van der Waals surface area contributed by atoms with Crippen molar-refractivity contribution in [3.63, 3.8) is 0 Å². The molecule has 3 heterocycles. The first-order valence-electron chi connectivity index (χ1n) is 8.19. The molecule has 0 aliphatic carbocycles. The largest absolute Gasteiger partial charge is 0.339 e. The minimum absolute atomic E-state index is 0.00419. The third-order valence-corrected chi connectivity index (χ3v) is 4.70. The summed E-state index contributed by atoms with van der Waals surface area (Å²) >= 11 is 0. The Balaban J connectivity index is 1.73. The number of nitrogens with zero attached hydrogens (tertiary/aromatic N) is 3. The highest BCUT2D eigenvalue weighted by Crippen LogP contribution is 2.19. The Labute approximate surface area is 131 Å². The molecule has 2 amide bonds. The fourth-order valence-corrected chi connectivity index (χ4v) is 3.17. The molecule has 2 saturated heterocycles. The summed E-state index contributed by atoms with van der Waals surface area (Å²) in [5.74, 6) is 0.674. The Morgan fingerprint density at radius 2 is 1.45 bits per heavy atom. The van der Waals surface area contributed by atoms with Gasteiger partial charge in [-0.1, -0.05) is 6.92 Å². The Kier molecular flexibility index (Phi) is 4.41. The quantitative estimate of drug-likeness (QED) is 0.841. The molecular formula is C17H23N3O2. The molecule has 3 rings (SSSR count). The Bertz CT molecular complexity index is 559. The summed E-state index contributed by atoms with van der Waals surface area (Å²) in [5.41, 5.74) is 1.05. The second-order valence-corrected chi connectivity index (χ2v) is 6.44. The van der Waals surface area contributed by atoms with Gasteiger partial charge in [-0.15, -0.1) is 0 Å². The van der Waals surface area contributed by atoms with E-state index in [1.165, 1.54) is 0 Å². The minimum atomic E-state index is -0.00748. The summed E-state index contributed by atoms with van der Waals surface area (Å²) in [6.07, 6.45) is 7.35. The number of hydrogen-bond acceptors (Lipinski definition) is 3. The number of likely N-dealkylation sites (tertiary alicyclic amines) is 2. The fourth-order valence-electron chi connectivity index (χ4n) is 3.17. The Morgan fingerprint density at radius 3 is 2.00 bits per heavy atom. The highest BCUT2D eigenvalue weighted by Gasteiger charge is 2.24. The van der Waals surface area contributed by atoms with Crippen LogP contribution in [0.1, 0.15) is 53.3 Å². The lowest BCUT2D eigenvalue weighted by Crippen LogP contribution is -2.38. The first-order valence-corrected chi connectivity index (χ1v) is 8.19. The standard InChI is InChI=1S/C17H23N3O2/c1-13-4-8-20(9-5-13)17(22)15-10-14(11-18-12-15)16(21)19-6-2-3-7-19/h10-13H,2-9H2,1H3. The molecule has 0 spiro atoms. The average molecular weight is 301 g/mol. The molecule has 5 heteroatoms. The monoisotopic (exact) mass is 301 g/mol. The van der Waals surface area contributed by atoms with E-state index in [2.05, 4.69) is 11.9 Å². The van der Waals surface area contributed by atoms with Crippen LogP contribution in [-0.2, 0) is 0 Å². The van der Waals surface area contributed by atoms with Crippen molar-refractivity contribution < 1.29 is 9.59 Å². The van der Waals surface area contributed by atoms with Crippen LogP contribution in [0, 0.1) is 5.92 Å². The number of aromatic nitrogens is 1. The van der Waals surface area contributed by atoms with Gasteiger partial charge < -0.3 is 9.80 Å². The second kappa shape index (κ2) is 6.46. The maximum Gasteiger partial charge on any atom is 0.255 e. The lowest BCUT2D eigenvalue weighted by molar-refractivity contribution is 0.0697. The first-order chi connectivity index (χ1) is 10.6. The molecule has 118 valence electrons. The van der Waals surface area contributed by atoms with Crippen LogP contribution in [0.25, 0.3) is 0 Å². The molecule has 0 saturated carbocycles. The van der Waals surface area contributed by atoms with Gasteiger partial charge in [-0.05, 0) is 37.7 Å². The van der Waals surface area contributed by atoms with Crippen molar-refractivity contribution in [2.45, 2.75) is 32.6 Å². The fraction of sp³-hybridized carbons (Fsp3) is 0.588. The number of amides is 2. The van der Waals surface area contributed by atoms with Crippen molar-refractivity contribution in [1.29, 1.82) is 0 Å². The van der Waals surface area contributed by atoms with Crippen LogP contribution in [-0.4, -0.2) is 52.8 Å². The van der Waals surface area contributed by atoms with Gasteiger partial charge in [-0.25, -0.2) is 0 Å². The van der Waals surface area contributed by atoms with Crippen molar-refractivity contribution in [3.8, 4) is 0 Å². The summed E-state index contributed by atoms with van der Waals surface area (Å²) in [4.78, 5) is 32.8. The van der Waals surface area contributed by atoms with Gasteiger partial charge in [0.1, 0.15) is 0 Å². The topological polar surface area (TPSA) is 53.5 Å². The third kappa shape index (κ3) is 3.13. The molecule has 0 radical (unpaired) electrons. The molecule has 5 nitrogen and oxygen atoms in total. The minimum Gasteiger partial charge on any atom is -0.339 e. The van der Waals surface area contributed by atoms with Crippen LogP contribution in [0.3, 0.4) is 0 Å². The van der Waals surface area contributed by atoms with Crippen molar-refractivity contribution in [2.75, 3.05) is 26.2 Å². The highest BCUT2D eigenvalue weighted by molar-refractivity contribution is 5.99. The molecule has 0 bridgehead atoms. The van der Waals surface area contributed by atoms with Gasteiger partial charge >= 0.3 is 0 Å². The molecule has 0 aromatic carbocycles.